The average Bonchev–Trinajstić information content (AvgIpc) is 2.87. The van der Waals surface area contributed by atoms with Crippen molar-refractivity contribution in [3.63, 3.8) is 0 Å². The summed E-state index contributed by atoms with van der Waals surface area (Å²) >= 11 is 0. The lowest BCUT2D eigenvalue weighted by molar-refractivity contribution is -0.118. The first kappa shape index (κ1) is 20.6. The van der Waals surface area contributed by atoms with Gasteiger partial charge in [-0.3, -0.25) is 9.79 Å². The number of aliphatic imine (C=N–C) groups is 1. The zero-order valence-corrected chi connectivity index (χ0v) is 17.5. The Morgan fingerprint density at radius 2 is 1.82 bits per heavy atom. The monoisotopic (exact) mass is 386 g/mol. The summed E-state index contributed by atoms with van der Waals surface area (Å²) < 4.78 is 13.2. The third-order valence-electron chi connectivity index (χ3n) is 5.25. The first-order valence-electron chi connectivity index (χ1n) is 10.1. The van der Waals surface area contributed by atoms with Crippen LogP contribution in [0.3, 0.4) is 0 Å². The number of hydrogen-bond acceptors (Lipinski definition) is 4. The van der Waals surface area contributed by atoms with Crippen LogP contribution < -0.4 is 10.3 Å². The molecule has 1 saturated heterocycles. The summed E-state index contributed by atoms with van der Waals surface area (Å²) in [6.07, 6.45) is 5.29. The van der Waals surface area contributed by atoms with Crippen LogP contribution in [0.15, 0.2) is 34.4 Å². The van der Waals surface area contributed by atoms with Gasteiger partial charge in [-0.05, 0) is 71.2 Å². The molecule has 1 fully saturated rings. The smallest absolute Gasteiger partial charge is 0.261 e. The molecule has 1 aromatic rings. The van der Waals surface area contributed by atoms with Crippen LogP contribution in [0.25, 0.3) is 0 Å². The number of hydrazone groups is 1. The number of halogens is 1. The van der Waals surface area contributed by atoms with Gasteiger partial charge >= 0.3 is 0 Å². The molecule has 28 heavy (non-hydrogen) atoms. The molecule has 0 bridgehead atoms. The zero-order valence-electron chi connectivity index (χ0n) is 17.5. The second kappa shape index (κ2) is 7.74. The van der Waals surface area contributed by atoms with Crippen molar-refractivity contribution in [3.05, 3.63) is 30.1 Å². The van der Waals surface area contributed by atoms with Crippen molar-refractivity contribution in [1.29, 1.82) is 0 Å². The molecule has 152 valence electrons. The Kier molecular flexibility index (Phi) is 5.71. The highest BCUT2D eigenvalue weighted by Crippen LogP contribution is 2.31. The van der Waals surface area contributed by atoms with Crippen LogP contribution in [0.1, 0.15) is 60.3 Å². The van der Waals surface area contributed by atoms with Crippen molar-refractivity contribution in [2.45, 2.75) is 77.4 Å². The van der Waals surface area contributed by atoms with Gasteiger partial charge in [-0.1, -0.05) is 13.3 Å². The number of carbonyl (C=O) groups is 1. The highest BCUT2D eigenvalue weighted by atomic mass is 19.1. The van der Waals surface area contributed by atoms with Crippen LogP contribution in [0, 0.1) is 11.7 Å². The second-order valence-electron chi connectivity index (χ2n) is 9.20. The van der Waals surface area contributed by atoms with Crippen LogP contribution in [-0.4, -0.2) is 35.0 Å². The number of amides is 1. The van der Waals surface area contributed by atoms with Gasteiger partial charge < -0.3 is 5.32 Å². The van der Waals surface area contributed by atoms with Crippen molar-refractivity contribution >= 4 is 23.5 Å². The Hall–Kier alpha value is -2.08. The highest BCUT2D eigenvalue weighted by Gasteiger charge is 2.39. The number of hydrogen-bond donors (Lipinski definition) is 1. The number of anilines is 1. The number of nitrogens with zero attached hydrogens (tertiary/aromatic N) is 3. The third kappa shape index (κ3) is 4.66. The molecule has 0 spiro atoms. The minimum atomic E-state index is -0.439. The fourth-order valence-corrected chi connectivity index (χ4v) is 4.47. The molecule has 0 radical (unpaired) electrons. The maximum atomic E-state index is 13.2. The summed E-state index contributed by atoms with van der Waals surface area (Å²) in [6, 6.07) is 6.02. The number of carbonyl (C=O) groups excluding carboxylic acids is 1. The van der Waals surface area contributed by atoms with E-state index in [2.05, 4.69) is 45.0 Å². The van der Waals surface area contributed by atoms with Crippen molar-refractivity contribution in [2.75, 3.05) is 5.01 Å². The van der Waals surface area contributed by atoms with Gasteiger partial charge in [-0.2, -0.15) is 10.1 Å². The van der Waals surface area contributed by atoms with E-state index in [1.54, 1.807) is 18.3 Å². The van der Waals surface area contributed by atoms with Gasteiger partial charge in [0.1, 0.15) is 11.7 Å². The lowest BCUT2D eigenvalue weighted by Gasteiger charge is -2.45. The minimum absolute atomic E-state index is 0.00390. The Morgan fingerprint density at radius 3 is 2.39 bits per heavy atom. The molecule has 6 heteroatoms. The van der Waals surface area contributed by atoms with Crippen molar-refractivity contribution in [2.24, 2.45) is 16.0 Å². The van der Waals surface area contributed by atoms with E-state index in [-0.39, 0.29) is 28.8 Å². The molecule has 0 unspecified atom stereocenters. The van der Waals surface area contributed by atoms with Gasteiger partial charge in [0.15, 0.2) is 0 Å². The Bertz CT molecular complexity index is 766. The molecule has 0 aliphatic carbocycles. The van der Waals surface area contributed by atoms with Crippen LogP contribution in [0.2, 0.25) is 0 Å². The van der Waals surface area contributed by atoms with E-state index < -0.39 is 5.92 Å². The van der Waals surface area contributed by atoms with Gasteiger partial charge in [0, 0.05) is 17.3 Å². The molecule has 1 N–H and O–H groups in total. The molecule has 1 aromatic carbocycles. The summed E-state index contributed by atoms with van der Waals surface area (Å²) in [7, 11) is 0. The minimum Gasteiger partial charge on any atom is -0.307 e. The van der Waals surface area contributed by atoms with Crippen molar-refractivity contribution in [3.8, 4) is 0 Å². The maximum absolute atomic E-state index is 13.2. The summed E-state index contributed by atoms with van der Waals surface area (Å²) in [4.78, 5) is 17.8. The summed E-state index contributed by atoms with van der Waals surface area (Å²) in [5.74, 6) is -0.889. The van der Waals surface area contributed by atoms with Gasteiger partial charge in [-0.25, -0.2) is 4.39 Å². The summed E-state index contributed by atoms with van der Waals surface area (Å²) in [5.41, 5.74) is 1.42. The highest BCUT2D eigenvalue weighted by molar-refractivity contribution is 6.24. The molecule has 1 amide bonds. The Labute approximate surface area is 167 Å². The molecule has 2 aliphatic rings. The molecule has 2 heterocycles. The summed E-state index contributed by atoms with van der Waals surface area (Å²) in [5, 5.41) is 9.58. The molecule has 5 nitrogen and oxygen atoms in total. The molecular weight excluding hydrogens is 355 g/mol. The standard InChI is InChI=1S/C22H31FN4O/c1-6-7-19-18(14-24-16-12-21(2,3)26-22(4,5)13-16)20(28)27(25-19)17-10-8-15(23)9-11-17/h8-11,14,16,18,26H,6-7,12-13H2,1-5H3/t18-/m1/s1. The molecular formula is C22H31FN4O. The average molecular weight is 387 g/mol. The molecule has 3 rings (SSSR count). The third-order valence-corrected chi connectivity index (χ3v) is 5.25. The first-order chi connectivity index (χ1) is 13.1. The zero-order chi connectivity index (χ0) is 20.5. The number of rotatable bonds is 5. The molecule has 0 aromatic heterocycles. The van der Waals surface area contributed by atoms with Gasteiger partial charge in [0.25, 0.3) is 5.91 Å². The van der Waals surface area contributed by atoms with Gasteiger partial charge in [-0.15, -0.1) is 0 Å². The van der Waals surface area contributed by atoms with Gasteiger partial charge in [0.2, 0.25) is 0 Å². The quantitative estimate of drug-likeness (QED) is 0.766. The van der Waals surface area contributed by atoms with Crippen LogP contribution in [-0.2, 0) is 4.79 Å². The lowest BCUT2D eigenvalue weighted by Crippen LogP contribution is -2.58. The Morgan fingerprint density at radius 1 is 1.21 bits per heavy atom. The number of benzene rings is 1. The number of nitrogens with one attached hydrogen (secondary N) is 1. The largest absolute Gasteiger partial charge is 0.307 e. The molecule has 1 atom stereocenters. The normalized spacial score (nSPS) is 24.8. The fourth-order valence-electron chi connectivity index (χ4n) is 4.47. The first-order valence-corrected chi connectivity index (χ1v) is 10.1. The predicted octanol–water partition coefficient (Wildman–Crippen LogP) is 4.32. The predicted molar refractivity (Wildman–Crippen MR) is 113 cm³/mol. The Balaban J connectivity index is 1.80. The van der Waals surface area contributed by atoms with E-state index in [4.69, 9.17) is 4.99 Å². The lowest BCUT2D eigenvalue weighted by atomic mass is 9.80. The van der Waals surface area contributed by atoms with Gasteiger partial charge in [0.05, 0.1) is 17.4 Å². The van der Waals surface area contributed by atoms with E-state index in [1.165, 1.54) is 17.1 Å². The van der Waals surface area contributed by atoms with E-state index in [0.29, 0.717) is 5.69 Å². The van der Waals surface area contributed by atoms with Crippen molar-refractivity contribution < 1.29 is 9.18 Å². The van der Waals surface area contributed by atoms with Crippen LogP contribution >= 0.6 is 0 Å². The molecule has 2 aliphatic heterocycles. The van der Waals surface area contributed by atoms with E-state index >= 15 is 0 Å². The SMILES string of the molecule is CCCC1=NN(c2ccc(F)cc2)C(=O)[C@@H]1C=NC1CC(C)(C)NC(C)(C)C1. The topological polar surface area (TPSA) is 57.1 Å². The van der Waals surface area contributed by atoms with Crippen LogP contribution in [0.4, 0.5) is 10.1 Å². The van der Waals surface area contributed by atoms with E-state index in [9.17, 15) is 9.18 Å². The van der Waals surface area contributed by atoms with Crippen LogP contribution in [0.5, 0.6) is 0 Å². The number of piperidine rings is 1. The maximum Gasteiger partial charge on any atom is 0.261 e. The van der Waals surface area contributed by atoms with Crippen molar-refractivity contribution in [1.82, 2.24) is 5.32 Å². The van der Waals surface area contributed by atoms with E-state index in [1.807, 2.05) is 0 Å². The molecule has 0 saturated carbocycles. The summed E-state index contributed by atoms with van der Waals surface area (Å²) in [6.45, 7) is 10.8. The fraction of sp³-hybridized carbons (Fsp3) is 0.591. The second-order valence-corrected chi connectivity index (χ2v) is 9.20. The van der Waals surface area contributed by atoms with E-state index in [0.717, 1.165) is 31.4 Å².